The van der Waals surface area contributed by atoms with Crippen LogP contribution < -0.4 is 0 Å². The molecule has 28 heavy (non-hydrogen) atoms. The molecule has 1 aliphatic carbocycles. The maximum atomic E-state index is 13.6. The Labute approximate surface area is 181 Å². The molecule has 0 aromatic carbocycles. The predicted molar refractivity (Wildman–Crippen MR) is 114 cm³/mol. The van der Waals surface area contributed by atoms with Crippen LogP contribution >= 0.6 is 39.5 Å². The van der Waals surface area contributed by atoms with Crippen molar-refractivity contribution in [3.8, 4) is 0 Å². The Hall–Kier alpha value is -0.770. The van der Waals surface area contributed by atoms with Crippen LogP contribution in [0.2, 0.25) is 0 Å². The molecule has 156 valence electrons. The number of hydrogen-bond donors (Lipinski definition) is 0. The number of rotatable bonds is 10. The number of ketones is 2. The minimum atomic E-state index is -3.29. The van der Waals surface area contributed by atoms with Gasteiger partial charge in [0, 0.05) is 42.6 Å². The van der Waals surface area contributed by atoms with E-state index in [1.807, 2.05) is 0 Å². The van der Waals surface area contributed by atoms with Gasteiger partial charge in [0.15, 0.2) is 5.76 Å². The molecule has 11 heteroatoms. The van der Waals surface area contributed by atoms with Gasteiger partial charge >= 0.3 is 7.67 Å². The number of methoxy groups -OCH3 is 1. The van der Waals surface area contributed by atoms with Gasteiger partial charge in [-0.2, -0.15) is 0 Å². The van der Waals surface area contributed by atoms with Crippen molar-refractivity contribution in [1.82, 2.24) is 13.9 Å². The highest BCUT2D eigenvalue weighted by Gasteiger charge is 2.35. The molecule has 2 rings (SSSR count). The zero-order valence-electron chi connectivity index (χ0n) is 16.3. The molecule has 0 spiro atoms. The van der Waals surface area contributed by atoms with Gasteiger partial charge in [-0.15, -0.1) is 0 Å². The summed E-state index contributed by atoms with van der Waals surface area (Å²) in [5, 5.41) is 1.29. The molecule has 0 amide bonds. The lowest BCUT2D eigenvalue weighted by molar-refractivity contribution is 0.0914. The maximum Gasteiger partial charge on any atom is 0.345 e. The molecule has 0 radical (unpaired) electrons. The van der Waals surface area contributed by atoms with E-state index in [2.05, 4.69) is 31.9 Å². The van der Waals surface area contributed by atoms with E-state index in [-0.39, 0.29) is 35.2 Å². The highest BCUT2D eigenvalue weighted by atomic mass is 79.9. The number of ether oxygens (including phenoxy) is 1. The number of fused-ring (bicyclic) bond motifs is 1. The van der Waals surface area contributed by atoms with Crippen LogP contribution in [0.4, 0.5) is 0 Å². The van der Waals surface area contributed by atoms with Crippen LogP contribution in [0.1, 0.15) is 26.5 Å². The molecule has 0 atom stereocenters. The average Bonchev–Trinajstić information content (AvgIpc) is 3.00. The first-order chi connectivity index (χ1) is 13.2. The van der Waals surface area contributed by atoms with E-state index >= 15 is 0 Å². The minimum absolute atomic E-state index is 0.00958. The summed E-state index contributed by atoms with van der Waals surface area (Å²) in [6, 6.07) is 1.60. The summed E-state index contributed by atoms with van der Waals surface area (Å²) in [4.78, 5) is 24.8. The molecular weight excluding hydrogens is 517 g/mol. The van der Waals surface area contributed by atoms with Crippen LogP contribution in [-0.4, -0.2) is 70.4 Å². The second-order valence-corrected chi connectivity index (χ2v) is 10.5. The molecular formula is C17H24Br2N3O5P. The molecule has 0 saturated heterocycles. The van der Waals surface area contributed by atoms with Crippen molar-refractivity contribution >= 4 is 51.1 Å². The summed E-state index contributed by atoms with van der Waals surface area (Å²) in [5.74, 6) is -0.651. The van der Waals surface area contributed by atoms with Crippen molar-refractivity contribution in [2.45, 2.75) is 6.61 Å². The number of allylic oxidation sites excluding steroid dienone is 2. The third-order valence-electron chi connectivity index (χ3n) is 4.58. The molecule has 0 N–H and O–H groups in total. The number of nitrogens with zero attached hydrogens (tertiary/aromatic N) is 3. The summed E-state index contributed by atoms with van der Waals surface area (Å²) >= 11 is 6.72. The number of halogens is 2. The second-order valence-electron chi connectivity index (χ2n) is 6.27. The van der Waals surface area contributed by atoms with Gasteiger partial charge in [-0.3, -0.25) is 18.7 Å². The molecule has 0 bridgehead atoms. The monoisotopic (exact) mass is 539 g/mol. The van der Waals surface area contributed by atoms with Crippen LogP contribution in [0.25, 0.3) is 0 Å². The van der Waals surface area contributed by atoms with E-state index in [0.29, 0.717) is 29.4 Å². The fourth-order valence-corrected chi connectivity index (χ4v) is 6.44. The zero-order valence-corrected chi connectivity index (χ0v) is 20.3. The van der Waals surface area contributed by atoms with Crippen molar-refractivity contribution < 1.29 is 23.4 Å². The Kier molecular flexibility index (Phi) is 8.25. The van der Waals surface area contributed by atoms with E-state index in [4.69, 9.17) is 9.26 Å². The van der Waals surface area contributed by atoms with Gasteiger partial charge < -0.3 is 9.30 Å². The van der Waals surface area contributed by atoms with Crippen LogP contribution in [0, 0.1) is 0 Å². The molecule has 0 fully saturated rings. The topological polar surface area (TPSA) is 81.1 Å². The standard InChI is InChI=1S/C17H24Br2N3O5P/c1-20(7-5-18)28(25,21(2)8-6-19)27-11-12-9-13-16(22(12)3)14(23)10-15(26-4)17(13)24/h9-10H,5-8,11H2,1-4H3. The van der Waals surface area contributed by atoms with Crippen LogP contribution in [0.5, 0.6) is 0 Å². The SMILES string of the molecule is COC1=CC(=O)c2c(cc(COP(=O)(N(C)CCBr)N(C)CCBr)n2C)C1=O. The largest absolute Gasteiger partial charge is 0.492 e. The lowest BCUT2D eigenvalue weighted by Crippen LogP contribution is -2.30. The van der Waals surface area contributed by atoms with E-state index in [1.165, 1.54) is 13.2 Å². The van der Waals surface area contributed by atoms with Crippen LogP contribution in [0.15, 0.2) is 17.9 Å². The van der Waals surface area contributed by atoms with Crippen LogP contribution in [-0.2, 0) is 27.5 Å². The molecule has 8 nitrogen and oxygen atoms in total. The Bertz CT molecular complexity index is 823. The number of aromatic nitrogens is 1. The van der Waals surface area contributed by atoms with Crippen molar-refractivity contribution in [2.24, 2.45) is 7.05 Å². The third kappa shape index (κ3) is 4.52. The van der Waals surface area contributed by atoms with Gasteiger partial charge in [0.25, 0.3) is 0 Å². The molecule has 1 aliphatic rings. The van der Waals surface area contributed by atoms with E-state index < -0.39 is 7.67 Å². The quantitative estimate of drug-likeness (QED) is 0.333. The molecule has 1 heterocycles. The van der Waals surface area contributed by atoms with Gasteiger partial charge in [-0.25, -0.2) is 9.34 Å². The molecule has 0 aliphatic heterocycles. The highest BCUT2D eigenvalue weighted by Crippen LogP contribution is 2.53. The van der Waals surface area contributed by atoms with E-state index in [1.54, 1.807) is 41.1 Å². The van der Waals surface area contributed by atoms with Gasteiger partial charge in [0.2, 0.25) is 11.6 Å². The smallest absolute Gasteiger partial charge is 0.345 e. The first-order valence-corrected chi connectivity index (χ1v) is 12.3. The van der Waals surface area contributed by atoms with Gasteiger partial charge in [0.05, 0.1) is 19.3 Å². The summed E-state index contributed by atoms with van der Waals surface area (Å²) in [7, 11) is 3.23. The van der Waals surface area contributed by atoms with Crippen molar-refractivity contribution in [1.29, 1.82) is 0 Å². The van der Waals surface area contributed by atoms with Gasteiger partial charge in [-0.1, -0.05) is 31.9 Å². The lowest BCUT2D eigenvalue weighted by atomic mass is 10.0. The summed E-state index contributed by atoms with van der Waals surface area (Å²) in [6.45, 7) is 1.06. The van der Waals surface area contributed by atoms with Crippen LogP contribution in [0.3, 0.4) is 0 Å². The van der Waals surface area contributed by atoms with Crippen molar-refractivity contribution in [3.63, 3.8) is 0 Å². The molecule has 1 aromatic rings. The third-order valence-corrected chi connectivity index (χ3v) is 7.88. The molecule has 0 unspecified atom stereocenters. The Balaban J connectivity index is 2.31. The Morgan fingerprint density at radius 2 is 1.71 bits per heavy atom. The van der Waals surface area contributed by atoms with Gasteiger partial charge in [-0.05, 0) is 20.2 Å². The summed E-state index contributed by atoms with van der Waals surface area (Å²) < 4.78 is 29.4. The Morgan fingerprint density at radius 1 is 1.14 bits per heavy atom. The minimum Gasteiger partial charge on any atom is -0.492 e. The maximum absolute atomic E-state index is 13.6. The van der Waals surface area contributed by atoms with Gasteiger partial charge in [0.1, 0.15) is 5.69 Å². The highest BCUT2D eigenvalue weighted by molar-refractivity contribution is 9.09. The fourth-order valence-electron chi connectivity index (χ4n) is 2.91. The van der Waals surface area contributed by atoms with Crippen molar-refractivity contribution in [3.05, 3.63) is 34.9 Å². The summed E-state index contributed by atoms with van der Waals surface area (Å²) in [5.41, 5.74) is 1.13. The number of carbonyl (C=O) groups excluding carboxylic acids is 2. The normalized spacial score (nSPS) is 14.6. The molecule has 0 saturated carbocycles. The van der Waals surface area contributed by atoms with E-state index in [0.717, 1.165) is 0 Å². The second kappa shape index (κ2) is 9.82. The number of hydrogen-bond acceptors (Lipinski definition) is 5. The Morgan fingerprint density at radius 3 is 2.21 bits per heavy atom. The van der Waals surface area contributed by atoms with E-state index in [9.17, 15) is 14.2 Å². The average molecular weight is 541 g/mol. The number of alkyl halides is 2. The first-order valence-electron chi connectivity index (χ1n) is 8.54. The first kappa shape index (κ1) is 23.5. The summed E-state index contributed by atoms with van der Waals surface area (Å²) in [6.07, 6.45) is 1.19. The predicted octanol–water partition coefficient (Wildman–Crippen LogP) is 3.21. The number of carbonyl (C=O) groups is 2. The lowest BCUT2D eigenvalue weighted by Gasteiger charge is -2.33. The van der Waals surface area contributed by atoms with Crippen molar-refractivity contribution in [2.75, 3.05) is 45.0 Å². The zero-order chi connectivity index (χ0) is 21.1. The molecule has 1 aromatic heterocycles. The fraction of sp³-hybridized carbons (Fsp3) is 0.529. The number of Topliss-reactive ketones (excluding diaryl/α,β-unsaturated/α-hetero) is 1.